The fourth-order valence-electron chi connectivity index (χ4n) is 1.38. The van der Waals surface area contributed by atoms with Crippen molar-refractivity contribution in [2.45, 2.75) is 18.2 Å². The summed E-state index contributed by atoms with van der Waals surface area (Å²) in [6.45, 7) is 1.91. The summed E-state index contributed by atoms with van der Waals surface area (Å²) in [7, 11) is 0. The van der Waals surface area contributed by atoms with Gasteiger partial charge in [-0.25, -0.2) is 0 Å². The van der Waals surface area contributed by atoms with E-state index in [0.717, 1.165) is 11.7 Å². The highest BCUT2D eigenvalue weighted by Crippen LogP contribution is 2.35. The van der Waals surface area contributed by atoms with E-state index >= 15 is 0 Å². The number of rotatable bonds is 3. The van der Waals surface area contributed by atoms with Crippen molar-refractivity contribution >= 4 is 73.5 Å². The molecule has 0 saturated heterocycles. The van der Waals surface area contributed by atoms with Crippen LogP contribution in [0.5, 0.6) is 0 Å². The molecule has 1 aromatic heterocycles. The van der Waals surface area contributed by atoms with Gasteiger partial charge in [0.15, 0.2) is 0 Å². The molecule has 0 bridgehead atoms. The molecular weight excluding hydrogens is 361 g/mol. The number of aromatic nitrogens is 2. The Morgan fingerprint density at radius 1 is 1.44 bits per heavy atom. The second-order valence-electron chi connectivity index (χ2n) is 3.54. The first-order valence-corrected chi connectivity index (χ1v) is 7.50. The molecule has 2 aromatic rings. The molecule has 0 fully saturated rings. The molecule has 8 heteroatoms. The van der Waals surface area contributed by atoms with Gasteiger partial charge in [0.05, 0.1) is 32.3 Å². The summed E-state index contributed by atoms with van der Waals surface area (Å²) >= 11 is 16.4. The molecule has 0 aliphatic carbocycles. The van der Waals surface area contributed by atoms with Crippen LogP contribution in [0.4, 0.5) is 5.69 Å². The zero-order valence-electron chi connectivity index (χ0n) is 9.21. The normalized spacial score (nSPS) is 12.7. The number of amides is 1. The fourth-order valence-corrected chi connectivity index (χ4v) is 2.65. The third-order valence-corrected chi connectivity index (χ3v) is 4.51. The van der Waals surface area contributed by atoms with E-state index in [1.54, 1.807) is 6.07 Å². The van der Waals surface area contributed by atoms with Gasteiger partial charge in [-0.3, -0.25) is 4.79 Å². The van der Waals surface area contributed by atoms with Crippen LogP contribution in [0.1, 0.15) is 13.3 Å². The molecule has 0 aliphatic rings. The van der Waals surface area contributed by atoms with Crippen LogP contribution in [0.15, 0.2) is 6.07 Å². The number of fused-ring (bicyclic) bond motifs is 1. The summed E-state index contributed by atoms with van der Waals surface area (Å²) in [4.78, 5) is 11.6. The van der Waals surface area contributed by atoms with E-state index in [-0.39, 0.29) is 10.7 Å². The molecule has 0 spiro atoms. The lowest BCUT2D eigenvalue weighted by Gasteiger charge is -2.10. The van der Waals surface area contributed by atoms with Gasteiger partial charge in [0.2, 0.25) is 5.91 Å². The predicted molar refractivity (Wildman–Crippen MR) is 79.1 cm³/mol. The van der Waals surface area contributed by atoms with Crippen molar-refractivity contribution in [2.24, 2.45) is 0 Å². The van der Waals surface area contributed by atoms with E-state index in [1.807, 2.05) is 6.92 Å². The Balaban J connectivity index is 2.44. The van der Waals surface area contributed by atoms with Crippen LogP contribution in [0.2, 0.25) is 10.0 Å². The summed E-state index contributed by atoms with van der Waals surface area (Å²) < 4.78 is 8.18. The quantitative estimate of drug-likeness (QED) is 0.829. The van der Waals surface area contributed by atoms with E-state index < -0.39 is 0 Å². The van der Waals surface area contributed by atoms with Crippen molar-refractivity contribution in [2.75, 3.05) is 5.32 Å². The smallest absolute Gasteiger partial charge is 0.238 e. The van der Waals surface area contributed by atoms with E-state index in [4.69, 9.17) is 23.2 Å². The highest BCUT2D eigenvalue weighted by atomic mass is 79.9. The minimum atomic E-state index is -0.272. The third kappa shape index (κ3) is 2.61. The maximum absolute atomic E-state index is 11.9. The van der Waals surface area contributed by atoms with Gasteiger partial charge >= 0.3 is 0 Å². The van der Waals surface area contributed by atoms with Crippen molar-refractivity contribution in [3.8, 4) is 0 Å². The number of hydrogen-bond donors (Lipinski definition) is 1. The van der Waals surface area contributed by atoms with Crippen molar-refractivity contribution < 1.29 is 4.79 Å². The average Bonchev–Trinajstić information content (AvgIpc) is 2.82. The highest BCUT2D eigenvalue weighted by Gasteiger charge is 2.19. The lowest BCUT2D eigenvalue weighted by Crippen LogP contribution is -2.22. The SMILES string of the molecule is CCC(Br)C(=O)Nc1c(Cl)cc(Cl)c2nsnc12. The number of alkyl halides is 1. The Bertz CT molecular complexity index is 604. The summed E-state index contributed by atoms with van der Waals surface area (Å²) in [5.74, 6) is -0.170. The largest absolute Gasteiger partial charge is 0.322 e. The molecule has 96 valence electrons. The van der Waals surface area contributed by atoms with Crippen LogP contribution in [0, 0.1) is 0 Å². The van der Waals surface area contributed by atoms with Crippen molar-refractivity contribution in [3.05, 3.63) is 16.1 Å². The number of anilines is 1. The Labute approximate surface area is 126 Å². The predicted octanol–water partition coefficient (Wildman–Crippen LogP) is 4.11. The minimum Gasteiger partial charge on any atom is -0.322 e. The van der Waals surface area contributed by atoms with Crippen molar-refractivity contribution in [3.63, 3.8) is 0 Å². The lowest BCUT2D eigenvalue weighted by molar-refractivity contribution is -0.115. The summed E-state index contributed by atoms with van der Waals surface area (Å²) in [5.41, 5.74) is 1.51. The first-order chi connectivity index (χ1) is 8.54. The van der Waals surface area contributed by atoms with Crippen LogP contribution in [0.25, 0.3) is 11.0 Å². The molecule has 18 heavy (non-hydrogen) atoms. The third-order valence-electron chi connectivity index (χ3n) is 2.33. The van der Waals surface area contributed by atoms with Gasteiger partial charge in [-0.15, -0.1) is 0 Å². The molecule has 1 heterocycles. The summed E-state index contributed by atoms with van der Waals surface area (Å²) in [6.07, 6.45) is 0.676. The zero-order chi connectivity index (χ0) is 13.3. The van der Waals surface area contributed by atoms with Gasteiger partial charge in [0.1, 0.15) is 11.0 Å². The van der Waals surface area contributed by atoms with Gasteiger partial charge in [-0.05, 0) is 12.5 Å². The Kier molecular flexibility index (Phi) is 4.42. The highest BCUT2D eigenvalue weighted by molar-refractivity contribution is 9.10. The number of hydrogen-bond acceptors (Lipinski definition) is 4. The number of nitrogens with one attached hydrogen (secondary N) is 1. The van der Waals surface area contributed by atoms with Crippen LogP contribution in [-0.2, 0) is 4.79 Å². The number of nitrogens with zero attached hydrogens (tertiary/aromatic N) is 2. The summed E-state index contributed by atoms with van der Waals surface area (Å²) in [6, 6.07) is 1.55. The van der Waals surface area contributed by atoms with Crippen LogP contribution in [-0.4, -0.2) is 19.5 Å². The van der Waals surface area contributed by atoms with Gasteiger partial charge < -0.3 is 5.32 Å². The minimum absolute atomic E-state index is 0.170. The monoisotopic (exact) mass is 367 g/mol. The first kappa shape index (κ1) is 14.0. The lowest BCUT2D eigenvalue weighted by atomic mass is 10.2. The summed E-state index contributed by atoms with van der Waals surface area (Å²) in [5, 5.41) is 3.52. The van der Waals surface area contributed by atoms with Gasteiger partial charge in [0.25, 0.3) is 0 Å². The second kappa shape index (κ2) is 5.69. The molecule has 0 radical (unpaired) electrons. The van der Waals surface area contributed by atoms with E-state index in [0.29, 0.717) is 33.2 Å². The second-order valence-corrected chi connectivity index (χ2v) is 5.99. The van der Waals surface area contributed by atoms with Gasteiger partial charge in [-0.2, -0.15) is 8.75 Å². The fraction of sp³-hybridized carbons (Fsp3) is 0.300. The van der Waals surface area contributed by atoms with Gasteiger partial charge in [-0.1, -0.05) is 46.1 Å². The Morgan fingerprint density at radius 3 is 2.78 bits per heavy atom. The van der Waals surface area contributed by atoms with Crippen molar-refractivity contribution in [1.82, 2.24) is 8.75 Å². The molecule has 0 saturated carbocycles. The zero-order valence-corrected chi connectivity index (χ0v) is 13.1. The maximum Gasteiger partial charge on any atom is 0.238 e. The maximum atomic E-state index is 11.9. The van der Waals surface area contributed by atoms with Crippen LogP contribution < -0.4 is 5.32 Å². The molecular formula is C10H8BrCl2N3OS. The van der Waals surface area contributed by atoms with E-state index in [2.05, 4.69) is 30.0 Å². The molecule has 4 nitrogen and oxygen atoms in total. The Hall–Kier alpha value is -0.430. The van der Waals surface area contributed by atoms with E-state index in [1.165, 1.54) is 0 Å². The molecule has 0 aliphatic heterocycles. The molecule has 2 rings (SSSR count). The molecule has 1 atom stereocenters. The van der Waals surface area contributed by atoms with E-state index in [9.17, 15) is 4.79 Å². The number of carbonyl (C=O) groups excluding carboxylic acids is 1. The number of halogens is 3. The Morgan fingerprint density at radius 2 is 2.11 bits per heavy atom. The number of carbonyl (C=O) groups is 1. The first-order valence-electron chi connectivity index (χ1n) is 5.09. The van der Waals surface area contributed by atoms with Crippen LogP contribution in [0.3, 0.4) is 0 Å². The topological polar surface area (TPSA) is 54.9 Å². The van der Waals surface area contributed by atoms with Crippen molar-refractivity contribution in [1.29, 1.82) is 0 Å². The standard InChI is InChI=1S/C10H8BrCl2N3OS/c1-2-4(11)10(17)14-7-5(12)3-6(13)8-9(7)16-18-15-8/h3-4H,2H2,1H3,(H,14,17). The molecule has 1 amide bonds. The van der Waals surface area contributed by atoms with Crippen LogP contribution >= 0.6 is 50.9 Å². The molecule has 1 N–H and O–H groups in total. The van der Waals surface area contributed by atoms with Gasteiger partial charge in [0, 0.05) is 0 Å². The molecule has 1 unspecified atom stereocenters. The molecule has 1 aromatic carbocycles. The average molecular weight is 369 g/mol. The number of benzene rings is 1.